The molecule has 3 aromatic rings. The van der Waals surface area contributed by atoms with Crippen molar-refractivity contribution in [2.75, 3.05) is 48.8 Å². The molecule has 1 aromatic heterocycles. The van der Waals surface area contributed by atoms with Crippen molar-refractivity contribution in [2.24, 2.45) is 0 Å². The first-order valence-corrected chi connectivity index (χ1v) is 11.9. The summed E-state index contributed by atoms with van der Waals surface area (Å²) in [5.74, 6) is 0.146. The molecule has 0 atom stereocenters. The van der Waals surface area contributed by atoms with E-state index in [-0.39, 0.29) is 11.7 Å². The third-order valence-corrected chi connectivity index (χ3v) is 6.69. The van der Waals surface area contributed by atoms with E-state index in [1.165, 1.54) is 24.0 Å². The van der Waals surface area contributed by atoms with Crippen LogP contribution in [0.4, 0.5) is 23.0 Å². The Labute approximate surface area is 207 Å². The summed E-state index contributed by atoms with van der Waals surface area (Å²) in [6.07, 6.45) is 2.73. The quantitative estimate of drug-likeness (QED) is 0.248. The smallest absolute Gasteiger partial charge is 0.247 e. The van der Waals surface area contributed by atoms with Crippen LogP contribution in [0.3, 0.4) is 0 Å². The van der Waals surface area contributed by atoms with Gasteiger partial charge in [0.15, 0.2) is 0 Å². The van der Waals surface area contributed by atoms with Crippen molar-refractivity contribution in [3.05, 3.63) is 66.3 Å². The number of phenolic OH excluding ortho intramolecular Hbond substituents is 1. The van der Waals surface area contributed by atoms with E-state index in [4.69, 9.17) is 11.6 Å². The normalized spacial score (nSPS) is 14.0. The lowest BCUT2D eigenvalue weighted by atomic mass is 10.2. The van der Waals surface area contributed by atoms with Gasteiger partial charge in [-0.3, -0.25) is 4.79 Å². The van der Waals surface area contributed by atoms with E-state index in [1.54, 1.807) is 12.1 Å². The number of likely N-dealkylation sites (N-methyl/N-ethyl adjacent to an activating group) is 1. The molecule has 1 aliphatic rings. The van der Waals surface area contributed by atoms with Gasteiger partial charge in [0.25, 0.3) is 0 Å². The maximum absolute atomic E-state index is 11.6. The summed E-state index contributed by atoms with van der Waals surface area (Å²) in [4.78, 5) is 25.7. The van der Waals surface area contributed by atoms with Crippen molar-refractivity contribution < 1.29 is 9.90 Å². The minimum Gasteiger partial charge on any atom is -0.506 e. The van der Waals surface area contributed by atoms with Gasteiger partial charge in [0, 0.05) is 48.5 Å². The molecule has 34 heavy (non-hydrogen) atoms. The molecule has 1 amide bonds. The van der Waals surface area contributed by atoms with Crippen LogP contribution >= 0.6 is 23.4 Å². The number of hydrogen-bond donors (Lipinski definition) is 3. The fraction of sp³-hybridized carbons (Fsp3) is 0.208. The van der Waals surface area contributed by atoms with Crippen LogP contribution in [-0.4, -0.2) is 59.1 Å². The summed E-state index contributed by atoms with van der Waals surface area (Å²) >= 11 is 7.67. The van der Waals surface area contributed by atoms with Crippen LogP contribution < -0.4 is 15.5 Å². The van der Waals surface area contributed by atoms with Gasteiger partial charge in [0.1, 0.15) is 10.8 Å². The van der Waals surface area contributed by atoms with Crippen molar-refractivity contribution >= 4 is 52.3 Å². The molecule has 0 aliphatic carbocycles. The number of carbonyl (C=O) groups is 1. The van der Waals surface area contributed by atoms with Gasteiger partial charge in [-0.2, -0.15) is 0 Å². The topological polar surface area (TPSA) is 93.6 Å². The molecule has 0 radical (unpaired) electrons. The van der Waals surface area contributed by atoms with Crippen molar-refractivity contribution in [2.45, 2.75) is 9.92 Å². The van der Waals surface area contributed by atoms with E-state index >= 15 is 0 Å². The first-order chi connectivity index (χ1) is 16.4. The zero-order chi connectivity index (χ0) is 24.1. The number of phenols is 1. The van der Waals surface area contributed by atoms with E-state index in [1.807, 2.05) is 30.3 Å². The second kappa shape index (κ2) is 10.8. The zero-order valence-corrected chi connectivity index (χ0v) is 20.2. The number of halogens is 1. The molecule has 1 saturated heterocycles. The summed E-state index contributed by atoms with van der Waals surface area (Å²) in [6.45, 7) is 7.28. The minimum absolute atomic E-state index is 0.120. The van der Waals surface area contributed by atoms with E-state index in [9.17, 15) is 9.90 Å². The Hall–Kier alpha value is -3.27. The van der Waals surface area contributed by atoms with Gasteiger partial charge in [0.2, 0.25) is 11.9 Å². The molecule has 4 rings (SSSR count). The number of amides is 1. The second-order valence-corrected chi connectivity index (χ2v) is 9.26. The Morgan fingerprint density at radius 2 is 2.00 bits per heavy atom. The molecule has 176 valence electrons. The van der Waals surface area contributed by atoms with Crippen LogP contribution in [0.15, 0.2) is 71.2 Å². The Balaban J connectivity index is 1.48. The number of aromatic nitrogens is 2. The highest BCUT2D eigenvalue weighted by Crippen LogP contribution is 2.35. The maximum atomic E-state index is 11.6. The number of nitrogens with one attached hydrogen (secondary N) is 2. The molecule has 0 bridgehead atoms. The predicted molar refractivity (Wildman–Crippen MR) is 138 cm³/mol. The van der Waals surface area contributed by atoms with Gasteiger partial charge in [-0.05, 0) is 43.5 Å². The number of piperazine rings is 1. The van der Waals surface area contributed by atoms with Gasteiger partial charge >= 0.3 is 0 Å². The molecule has 2 heterocycles. The van der Waals surface area contributed by atoms with Crippen LogP contribution in [-0.2, 0) is 4.79 Å². The SMILES string of the molecule is C=CC(=O)Nc1cccc(Sc2nc(Nc3ccc(N4CCN(C)CC4)cc3O)ncc2Cl)c1. The van der Waals surface area contributed by atoms with Crippen molar-refractivity contribution in [1.29, 1.82) is 0 Å². The molecule has 8 nitrogen and oxygen atoms in total. The summed E-state index contributed by atoms with van der Waals surface area (Å²) in [5, 5.41) is 17.3. The third kappa shape index (κ3) is 5.99. The average molecular weight is 497 g/mol. The lowest BCUT2D eigenvalue weighted by molar-refractivity contribution is -0.111. The highest BCUT2D eigenvalue weighted by Gasteiger charge is 2.16. The van der Waals surface area contributed by atoms with Crippen LogP contribution in [0.2, 0.25) is 5.02 Å². The van der Waals surface area contributed by atoms with Gasteiger partial charge < -0.3 is 25.5 Å². The molecule has 1 aliphatic heterocycles. The zero-order valence-electron chi connectivity index (χ0n) is 18.7. The first-order valence-electron chi connectivity index (χ1n) is 10.7. The van der Waals surface area contributed by atoms with E-state index in [0.29, 0.717) is 27.4 Å². The predicted octanol–water partition coefficient (Wildman–Crippen LogP) is 4.61. The van der Waals surface area contributed by atoms with E-state index < -0.39 is 0 Å². The van der Waals surface area contributed by atoms with Crippen LogP contribution in [0, 0.1) is 0 Å². The van der Waals surface area contributed by atoms with Gasteiger partial charge in [-0.15, -0.1) is 0 Å². The lowest BCUT2D eigenvalue weighted by Crippen LogP contribution is -2.44. The van der Waals surface area contributed by atoms with Gasteiger partial charge in [-0.1, -0.05) is 36.0 Å². The number of aromatic hydroxyl groups is 1. The Morgan fingerprint density at radius 3 is 2.74 bits per heavy atom. The van der Waals surface area contributed by atoms with Crippen LogP contribution in [0.1, 0.15) is 0 Å². The maximum Gasteiger partial charge on any atom is 0.247 e. The molecule has 0 spiro atoms. The highest BCUT2D eigenvalue weighted by atomic mass is 35.5. The fourth-order valence-electron chi connectivity index (χ4n) is 3.43. The highest BCUT2D eigenvalue weighted by molar-refractivity contribution is 7.99. The molecule has 0 saturated carbocycles. The van der Waals surface area contributed by atoms with Crippen molar-refractivity contribution in [1.82, 2.24) is 14.9 Å². The summed E-state index contributed by atoms with van der Waals surface area (Å²) < 4.78 is 0. The summed E-state index contributed by atoms with van der Waals surface area (Å²) in [6, 6.07) is 12.9. The molecule has 10 heteroatoms. The number of nitrogens with zero attached hydrogens (tertiary/aromatic N) is 4. The standard InChI is InChI=1S/C24H25ClN6O2S/c1-3-22(33)27-16-5-4-6-18(13-16)34-23-19(25)15-26-24(29-23)28-20-8-7-17(14-21(20)32)31-11-9-30(2)10-12-31/h3-8,13-15,32H,1,9-12H2,2H3,(H,27,33)(H,26,28,29). The molecule has 3 N–H and O–H groups in total. The first kappa shape index (κ1) is 23.9. The Kier molecular flexibility index (Phi) is 7.56. The largest absolute Gasteiger partial charge is 0.506 e. The molecule has 1 fully saturated rings. The van der Waals surface area contributed by atoms with E-state index in [2.05, 4.69) is 44.0 Å². The van der Waals surface area contributed by atoms with Gasteiger partial charge in [0.05, 0.1) is 16.9 Å². The molecule has 2 aromatic carbocycles. The lowest BCUT2D eigenvalue weighted by Gasteiger charge is -2.34. The molecular formula is C24H25ClN6O2S. The summed E-state index contributed by atoms with van der Waals surface area (Å²) in [7, 11) is 2.11. The van der Waals surface area contributed by atoms with E-state index in [0.717, 1.165) is 36.8 Å². The molecule has 0 unspecified atom stereocenters. The number of benzene rings is 2. The third-order valence-electron chi connectivity index (χ3n) is 5.31. The average Bonchev–Trinajstić information content (AvgIpc) is 2.83. The van der Waals surface area contributed by atoms with Crippen molar-refractivity contribution in [3.63, 3.8) is 0 Å². The monoisotopic (exact) mass is 496 g/mol. The fourth-order valence-corrected chi connectivity index (χ4v) is 4.48. The Morgan fingerprint density at radius 1 is 1.21 bits per heavy atom. The number of rotatable bonds is 7. The van der Waals surface area contributed by atoms with Crippen molar-refractivity contribution in [3.8, 4) is 5.75 Å². The minimum atomic E-state index is -0.285. The second-order valence-electron chi connectivity index (χ2n) is 7.79. The van der Waals surface area contributed by atoms with Crippen LogP contribution in [0.25, 0.3) is 0 Å². The van der Waals surface area contributed by atoms with Gasteiger partial charge in [-0.25, -0.2) is 9.97 Å². The molecular weight excluding hydrogens is 472 g/mol. The number of anilines is 4. The number of carbonyl (C=O) groups excluding carboxylic acids is 1. The Bertz CT molecular complexity index is 1200. The number of hydrogen-bond acceptors (Lipinski definition) is 8. The summed E-state index contributed by atoms with van der Waals surface area (Å²) in [5.41, 5.74) is 2.13. The van der Waals surface area contributed by atoms with Crippen LogP contribution in [0.5, 0.6) is 5.75 Å².